The molecule has 0 fully saturated rings. The van der Waals surface area contributed by atoms with Gasteiger partial charge in [0.25, 0.3) is 0 Å². The minimum absolute atomic E-state index is 0.132. The van der Waals surface area contributed by atoms with Crippen molar-refractivity contribution in [3.63, 3.8) is 0 Å². The number of halogens is 1. The van der Waals surface area contributed by atoms with Crippen LogP contribution in [0, 0.1) is 0 Å². The van der Waals surface area contributed by atoms with Gasteiger partial charge in [0.15, 0.2) is 0 Å². The summed E-state index contributed by atoms with van der Waals surface area (Å²) >= 11 is 6.59. The summed E-state index contributed by atoms with van der Waals surface area (Å²) in [5, 5.41) is 3.03. The molecule has 1 heterocycles. The summed E-state index contributed by atoms with van der Waals surface area (Å²) in [5.41, 5.74) is 7.74. The lowest BCUT2D eigenvalue weighted by Gasteiger charge is -2.19. The van der Waals surface area contributed by atoms with Gasteiger partial charge < -0.3 is 4.42 Å². The summed E-state index contributed by atoms with van der Waals surface area (Å²) in [4.78, 5) is 0. The molecule has 4 aromatic carbocycles. The highest BCUT2D eigenvalue weighted by atomic mass is 35.5. The monoisotopic (exact) mass is 410 g/mol. The van der Waals surface area contributed by atoms with E-state index in [0.717, 1.165) is 49.2 Å². The van der Waals surface area contributed by atoms with Crippen molar-refractivity contribution in [2.24, 2.45) is 0 Å². The van der Waals surface area contributed by atoms with E-state index in [0.29, 0.717) is 0 Å². The average Bonchev–Trinajstić information content (AvgIpc) is 3.11. The highest BCUT2D eigenvalue weighted by molar-refractivity contribution is 6.33. The molecule has 0 radical (unpaired) electrons. The zero-order valence-electron chi connectivity index (χ0n) is 17.4. The Bertz CT molecular complexity index is 1370. The van der Waals surface area contributed by atoms with Crippen molar-refractivity contribution in [1.82, 2.24) is 0 Å². The van der Waals surface area contributed by atoms with Crippen molar-refractivity contribution in [2.75, 3.05) is 0 Å². The average molecular weight is 411 g/mol. The zero-order chi connectivity index (χ0) is 20.9. The van der Waals surface area contributed by atoms with Crippen LogP contribution in [-0.2, 0) is 5.41 Å². The lowest BCUT2D eigenvalue weighted by molar-refractivity contribution is 0.590. The first-order valence-electron chi connectivity index (χ1n) is 10.2. The van der Waals surface area contributed by atoms with Gasteiger partial charge in [-0.2, -0.15) is 0 Å². The maximum atomic E-state index is 6.59. The topological polar surface area (TPSA) is 13.1 Å². The number of benzene rings is 4. The second kappa shape index (κ2) is 7.04. The van der Waals surface area contributed by atoms with Crippen LogP contribution < -0.4 is 0 Å². The second-order valence-corrected chi connectivity index (χ2v) is 9.24. The largest absolute Gasteiger partial charge is 0.456 e. The van der Waals surface area contributed by atoms with Gasteiger partial charge in [0, 0.05) is 21.4 Å². The minimum atomic E-state index is 0.132. The highest BCUT2D eigenvalue weighted by Gasteiger charge is 2.14. The predicted octanol–water partition coefficient (Wildman–Crippen LogP) is 8.87. The van der Waals surface area contributed by atoms with Crippen molar-refractivity contribution >= 4 is 33.5 Å². The molecule has 0 aliphatic heterocycles. The van der Waals surface area contributed by atoms with Crippen molar-refractivity contribution in [2.45, 2.75) is 26.2 Å². The van der Waals surface area contributed by atoms with Gasteiger partial charge in [-0.3, -0.25) is 0 Å². The van der Waals surface area contributed by atoms with E-state index in [9.17, 15) is 0 Å². The van der Waals surface area contributed by atoms with Crippen molar-refractivity contribution in [1.29, 1.82) is 0 Å². The van der Waals surface area contributed by atoms with Crippen LogP contribution in [0.1, 0.15) is 26.3 Å². The molecule has 0 aliphatic carbocycles. The Morgan fingerprint density at radius 3 is 2.03 bits per heavy atom. The van der Waals surface area contributed by atoms with Gasteiger partial charge >= 0.3 is 0 Å². The molecule has 0 amide bonds. The van der Waals surface area contributed by atoms with Crippen LogP contribution >= 0.6 is 11.6 Å². The molecule has 0 aliphatic rings. The Kier molecular flexibility index (Phi) is 4.45. The Morgan fingerprint density at radius 2 is 1.27 bits per heavy atom. The lowest BCUT2D eigenvalue weighted by atomic mass is 9.86. The predicted molar refractivity (Wildman–Crippen MR) is 128 cm³/mol. The number of hydrogen-bond acceptors (Lipinski definition) is 1. The van der Waals surface area contributed by atoms with Crippen molar-refractivity contribution in [3.05, 3.63) is 95.5 Å². The van der Waals surface area contributed by atoms with Gasteiger partial charge in [-0.25, -0.2) is 0 Å². The molecule has 0 saturated heterocycles. The van der Waals surface area contributed by atoms with Gasteiger partial charge in [0.2, 0.25) is 0 Å². The fourth-order valence-corrected chi connectivity index (χ4v) is 4.21. The Morgan fingerprint density at radius 1 is 0.633 bits per heavy atom. The summed E-state index contributed by atoms with van der Waals surface area (Å²) in [5.74, 6) is 0. The van der Waals surface area contributed by atoms with Crippen LogP contribution in [0.3, 0.4) is 0 Å². The molecule has 1 nitrogen and oxygen atoms in total. The van der Waals surface area contributed by atoms with Crippen LogP contribution in [0.2, 0.25) is 5.02 Å². The van der Waals surface area contributed by atoms with E-state index in [1.54, 1.807) is 0 Å². The van der Waals surface area contributed by atoms with Crippen LogP contribution in [0.5, 0.6) is 0 Å². The first-order chi connectivity index (χ1) is 14.4. The van der Waals surface area contributed by atoms with Gasteiger partial charge in [-0.05, 0) is 58.0 Å². The molecular weight excluding hydrogens is 388 g/mol. The molecule has 5 rings (SSSR count). The van der Waals surface area contributed by atoms with E-state index in [1.165, 1.54) is 5.56 Å². The molecule has 0 unspecified atom stereocenters. The van der Waals surface area contributed by atoms with Crippen molar-refractivity contribution < 1.29 is 4.42 Å². The molecule has 0 atom stereocenters. The number of para-hydroxylation sites is 1. The fraction of sp³-hybridized carbons (Fsp3) is 0.143. The Labute approximate surface area is 181 Å². The van der Waals surface area contributed by atoms with Crippen LogP contribution in [-0.4, -0.2) is 0 Å². The van der Waals surface area contributed by atoms with E-state index in [4.69, 9.17) is 16.0 Å². The smallest absolute Gasteiger partial charge is 0.135 e. The van der Waals surface area contributed by atoms with E-state index in [1.807, 2.05) is 24.3 Å². The molecule has 1 aromatic heterocycles. The van der Waals surface area contributed by atoms with Gasteiger partial charge in [0.05, 0.1) is 0 Å². The summed E-state index contributed by atoms with van der Waals surface area (Å²) in [6, 6.07) is 29.5. The molecule has 0 bridgehead atoms. The third kappa shape index (κ3) is 3.30. The zero-order valence-corrected chi connectivity index (χ0v) is 18.1. The third-order valence-corrected chi connectivity index (χ3v) is 6.07. The first-order valence-corrected chi connectivity index (χ1v) is 10.6. The van der Waals surface area contributed by atoms with E-state index < -0.39 is 0 Å². The summed E-state index contributed by atoms with van der Waals surface area (Å²) < 4.78 is 5.97. The molecule has 30 heavy (non-hydrogen) atoms. The molecular formula is C28H23ClO. The van der Waals surface area contributed by atoms with Gasteiger partial charge in [0.1, 0.15) is 11.2 Å². The molecule has 148 valence electrons. The van der Waals surface area contributed by atoms with E-state index in [-0.39, 0.29) is 5.41 Å². The van der Waals surface area contributed by atoms with E-state index >= 15 is 0 Å². The molecule has 0 spiro atoms. The maximum Gasteiger partial charge on any atom is 0.135 e. The van der Waals surface area contributed by atoms with Crippen LogP contribution in [0.4, 0.5) is 0 Å². The van der Waals surface area contributed by atoms with Crippen LogP contribution in [0.25, 0.3) is 44.2 Å². The SMILES string of the molecule is CC(C)(C)c1ccc(-c2cc(-c3ccc4oc5ccccc5c4c3)ccc2Cl)cc1. The summed E-state index contributed by atoms with van der Waals surface area (Å²) in [6.07, 6.45) is 0. The number of fused-ring (bicyclic) bond motifs is 3. The number of hydrogen-bond donors (Lipinski definition) is 0. The molecule has 2 heteroatoms. The quantitative estimate of drug-likeness (QED) is 0.283. The minimum Gasteiger partial charge on any atom is -0.456 e. The Hall–Kier alpha value is -3.03. The first kappa shape index (κ1) is 19.0. The number of rotatable bonds is 2. The number of furan rings is 1. The lowest BCUT2D eigenvalue weighted by Crippen LogP contribution is -2.10. The van der Waals surface area contributed by atoms with Gasteiger partial charge in [-0.1, -0.05) is 87.0 Å². The summed E-state index contributed by atoms with van der Waals surface area (Å²) in [7, 11) is 0. The standard InChI is InChI=1S/C28H23ClO/c1-28(2,3)21-12-8-18(9-13-21)23-16-19(10-14-25(23)29)20-11-15-27-24(17-20)22-6-4-5-7-26(22)30-27/h4-17H,1-3H3. The highest BCUT2D eigenvalue weighted by Crippen LogP contribution is 2.36. The second-order valence-electron chi connectivity index (χ2n) is 8.83. The van der Waals surface area contributed by atoms with Crippen molar-refractivity contribution in [3.8, 4) is 22.3 Å². The molecule has 0 saturated carbocycles. The molecule has 5 aromatic rings. The third-order valence-electron chi connectivity index (χ3n) is 5.74. The van der Waals surface area contributed by atoms with Gasteiger partial charge in [-0.15, -0.1) is 0 Å². The molecule has 0 N–H and O–H groups in total. The maximum absolute atomic E-state index is 6.59. The normalized spacial score (nSPS) is 12.0. The summed E-state index contributed by atoms with van der Waals surface area (Å²) in [6.45, 7) is 6.68. The van der Waals surface area contributed by atoms with Crippen LogP contribution in [0.15, 0.2) is 89.3 Å². The van der Waals surface area contributed by atoms with E-state index in [2.05, 4.69) is 81.4 Å². The Balaban J connectivity index is 1.60. The fourth-order valence-electron chi connectivity index (χ4n) is 3.98.